The first-order chi connectivity index (χ1) is 12.7. The maximum Gasteiger partial charge on any atom is 0.245 e. The molecule has 2 aliphatic rings. The lowest BCUT2D eigenvalue weighted by Gasteiger charge is -2.38. The molecule has 2 fully saturated rings. The Hall–Kier alpha value is -2.97. The van der Waals surface area contributed by atoms with E-state index in [1.54, 1.807) is 12.4 Å². The van der Waals surface area contributed by atoms with E-state index in [-0.39, 0.29) is 18.0 Å². The number of rotatable bonds is 3. The number of H-pyrrole nitrogens is 1. The maximum atomic E-state index is 12.5. The fourth-order valence-corrected chi connectivity index (χ4v) is 4.06. The van der Waals surface area contributed by atoms with Crippen LogP contribution in [0.15, 0.2) is 18.6 Å². The summed E-state index contributed by atoms with van der Waals surface area (Å²) < 4.78 is 1.86. The van der Waals surface area contributed by atoms with Gasteiger partial charge in [-0.1, -0.05) is 0 Å². The Morgan fingerprint density at radius 1 is 1.31 bits per heavy atom. The normalized spacial score (nSPS) is 22.6. The van der Waals surface area contributed by atoms with Crippen LogP contribution in [0.1, 0.15) is 19.8 Å². The molecule has 0 saturated carbocycles. The van der Waals surface area contributed by atoms with E-state index in [2.05, 4.69) is 25.2 Å². The topological polar surface area (TPSA) is 95.8 Å². The first-order valence-electron chi connectivity index (χ1n) is 8.93. The van der Waals surface area contributed by atoms with E-state index >= 15 is 0 Å². The number of likely N-dealkylation sites (tertiary alicyclic amines) is 1. The highest BCUT2D eigenvalue weighted by molar-refractivity contribution is 5.90. The fraction of sp³-hybridized carbons (Fsp3) is 0.471. The molecule has 3 aromatic heterocycles. The van der Waals surface area contributed by atoms with Crippen LogP contribution < -0.4 is 4.90 Å². The number of hydrogen-bond donors (Lipinski definition) is 1. The molecule has 134 valence electrons. The Balaban J connectivity index is 1.58. The number of piperazine rings is 1. The highest BCUT2D eigenvalue weighted by Gasteiger charge is 2.45. The molecule has 1 N–H and O–H groups in total. The Kier molecular flexibility index (Phi) is 3.25. The number of nitrogens with one attached hydrogen (secondary N) is 1. The van der Waals surface area contributed by atoms with Gasteiger partial charge in [-0.3, -0.25) is 14.6 Å². The van der Waals surface area contributed by atoms with E-state index < -0.39 is 0 Å². The van der Waals surface area contributed by atoms with Crippen LogP contribution in [0.3, 0.4) is 0 Å². The molecule has 0 aliphatic carbocycles. The second-order valence-corrected chi connectivity index (χ2v) is 6.96. The number of fused-ring (bicyclic) bond motifs is 3. The van der Waals surface area contributed by atoms with Gasteiger partial charge in [-0.2, -0.15) is 10.2 Å². The first-order valence-corrected chi connectivity index (χ1v) is 8.93. The average molecular weight is 352 g/mol. The van der Waals surface area contributed by atoms with Crippen molar-refractivity contribution in [2.75, 3.05) is 18.5 Å². The van der Waals surface area contributed by atoms with Crippen molar-refractivity contribution in [3.05, 3.63) is 18.6 Å². The summed E-state index contributed by atoms with van der Waals surface area (Å²) in [4.78, 5) is 25.7. The third-order valence-corrected chi connectivity index (χ3v) is 5.40. The van der Waals surface area contributed by atoms with Gasteiger partial charge in [0.2, 0.25) is 11.9 Å². The predicted octanol–water partition coefficient (Wildman–Crippen LogP) is 1.05. The molecule has 9 heteroatoms. The van der Waals surface area contributed by atoms with E-state index in [9.17, 15) is 4.79 Å². The van der Waals surface area contributed by atoms with E-state index in [0.29, 0.717) is 5.95 Å². The standard InChI is InChI=1S/C17H20N8O/c1-3-24-8-10(6-19-24)14-15-12(21-22-14)7-18-17(20-15)25-11-4-5-13(25)16(26)23(2)9-11/h6-8,11,13H,3-5,9H2,1-2H3,(H,21,22). The summed E-state index contributed by atoms with van der Waals surface area (Å²) in [5.41, 5.74) is 3.22. The minimum Gasteiger partial charge on any atom is -0.342 e. The van der Waals surface area contributed by atoms with Crippen molar-refractivity contribution in [1.82, 2.24) is 34.8 Å². The van der Waals surface area contributed by atoms with Gasteiger partial charge in [-0.15, -0.1) is 0 Å². The number of amides is 1. The van der Waals surface area contributed by atoms with Crippen molar-refractivity contribution >= 4 is 22.9 Å². The van der Waals surface area contributed by atoms with Crippen LogP contribution in [0.5, 0.6) is 0 Å². The number of anilines is 1. The van der Waals surface area contributed by atoms with Crippen molar-refractivity contribution in [3.8, 4) is 11.3 Å². The summed E-state index contributed by atoms with van der Waals surface area (Å²) in [5.74, 6) is 0.760. The summed E-state index contributed by atoms with van der Waals surface area (Å²) in [6.07, 6.45) is 7.35. The zero-order valence-electron chi connectivity index (χ0n) is 14.8. The van der Waals surface area contributed by atoms with Crippen LogP contribution in [0.4, 0.5) is 5.95 Å². The third kappa shape index (κ3) is 2.12. The number of carbonyl (C=O) groups excluding carboxylic acids is 1. The average Bonchev–Trinajstić information content (AvgIpc) is 3.35. The molecule has 0 spiro atoms. The van der Waals surface area contributed by atoms with Gasteiger partial charge in [0.15, 0.2) is 0 Å². The SMILES string of the molecule is CCn1cc(-c2n[nH]c3cnc(N4C5CCC4C(=O)N(C)C5)nc23)cn1. The molecule has 5 heterocycles. The molecule has 2 saturated heterocycles. The predicted molar refractivity (Wildman–Crippen MR) is 95.5 cm³/mol. The number of hydrogen-bond acceptors (Lipinski definition) is 6. The Labute approximate surface area is 150 Å². The fourth-order valence-electron chi connectivity index (χ4n) is 4.06. The van der Waals surface area contributed by atoms with Gasteiger partial charge in [0.1, 0.15) is 22.8 Å². The first kappa shape index (κ1) is 15.3. The number of carbonyl (C=O) groups is 1. The smallest absolute Gasteiger partial charge is 0.245 e. The van der Waals surface area contributed by atoms with E-state index in [1.807, 2.05) is 29.7 Å². The lowest BCUT2D eigenvalue weighted by atomic mass is 10.2. The molecular formula is C17H20N8O. The summed E-state index contributed by atoms with van der Waals surface area (Å²) >= 11 is 0. The summed E-state index contributed by atoms with van der Waals surface area (Å²) in [6.45, 7) is 3.56. The zero-order chi connectivity index (χ0) is 17.8. The molecule has 26 heavy (non-hydrogen) atoms. The Morgan fingerprint density at radius 3 is 3.00 bits per heavy atom. The number of aromatic amines is 1. The molecule has 2 atom stereocenters. The second-order valence-electron chi connectivity index (χ2n) is 6.96. The summed E-state index contributed by atoms with van der Waals surface area (Å²) in [6, 6.07) is 0.118. The second kappa shape index (κ2) is 5.52. The van der Waals surface area contributed by atoms with Crippen molar-refractivity contribution in [2.24, 2.45) is 0 Å². The van der Waals surface area contributed by atoms with Crippen molar-refractivity contribution in [3.63, 3.8) is 0 Å². The molecule has 0 aromatic carbocycles. The van der Waals surface area contributed by atoms with Gasteiger partial charge < -0.3 is 9.80 Å². The Morgan fingerprint density at radius 2 is 2.19 bits per heavy atom. The lowest BCUT2D eigenvalue weighted by Crippen LogP contribution is -2.56. The van der Waals surface area contributed by atoms with Gasteiger partial charge in [-0.25, -0.2) is 9.97 Å². The van der Waals surface area contributed by atoms with Gasteiger partial charge in [0.25, 0.3) is 0 Å². The molecular weight excluding hydrogens is 332 g/mol. The van der Waals surface area contributed by atoms with Crippen LogP contribution in [0, 0.1) is 0 Å². The minimum absolute atomic E-state index is 0.152. The molecule has 9 nitrogen and oxygen atoms in total. The Bertz CT molecular complexity index is 992. The largest absolute Gasteiger partial charge is 0.342 e. The molecule has 0 radical (unpaired) electrons. The molecule has 2 aliphatic heterocycles. The van der Waals surface area contributed by atoms with Crippen molar-refractivity contribution in [2.45, 2.75) is 38.4 Å². The highest BCUT2D eigenvalue weighted by Crippen LogP contribution is 2.34. The van der Waals surface area contributed by atoms with Gasteiger partial charge in [0.05, 0.1) is 18.4 Å². The van der Waals surface area contributed by atoms with Crippen molar-refractivity contribution in [1.29, 1.82) is 0 Å². The molecule has 3 aromatic rings. The van der Waals surface area contributed by atoms with E-state index in [1.165, 1.54) is 0 Å². The number of aryl methyl sites for hydroxylation is 1. The van der Waals surface area contributed by atoms with Crippen LogP contribution in [0.2, 0.25) is 0 Å². The van der Waals surface area contributed by atoms with E-state index in [4.69, 9.17) is 4.98 Å². The summed E-state index contributed by atoms with van der Waals surface area (Å²) in [5, 5.41) is 11.7. The van der Waals surface area contributed by atoms with Gasteiger partial charge in [0, 0.05) is 31.9 Å². The van der Waals surface area contributed by atoms with Crippen molar-refractivity contribution < 1.29 is 4.79 Å². The molecule has 2 bridgehead atoms. The lowest BCUT2D eigenvalue weighted by molar-refractivity contribution is -0.132. The molecule has 2 unspecified atom stereocenters. The minimum atomic E-state index is -0.158. The van der Waals surface area contributed by atoms with Crippen LogP contribution in [0.25, 0.3) is 22.3 Å². The zero-order valence-corrected chi connectivity index (χ0v) is 14.8. The van der Waals surface area contributed by atoms with Crippen LogP contribution in [-0.4, -0.2) is 66.4 Å². The van der Waals surface area contributed by atoms with Gasteiger partial charge >= 0.3 is 0 Å². The molecule has 5 rings (SSSR count). The van der Waals surface area contributed by atoms with E-state index in [0.717, 1.165) is 48.2 Å². The molecule has 1 amide bonds. The quantitative estimate of drug-likeness (QED) is 0.757. The number of nitrogens with zero attached hydrogens (tertiary/aromatic N) is 7. The van der Waals surface area contributed by atoms with Crippen LogP contribution in [-0.2, 0) is 11.3 Å². The highest BCUT2D eigenvalue weighted by atomic mass is 16.2. The summed E-state index contributed by atoms with van der Waals surface area (Å²) in [7, 11) is 1.87. The van der Waals surface area contributed by atoms with Crippen LogP contribution >= 0.6 is 0 Å². The third-order valence-electron chi connectivity index (χ3n) is 5.40. The maximum absolute atomic E-state index is 12.5. The number of aromatic nitrogens is 6. The monoisotopic (exact) mass is 352 g/mol. The number of likely N-dealkylation sites (N-methyl/N-ethyl adjacent to an activating group) is 1. The van der Waals surface area contributed by atoms with Gasteiger partial charge in [-0.05, 0) is 19.8 Å².